The summed E-state index contributed by atoms with van der Waals surface area (Å²) in [7, 11) is 1.70. The number of nitrogens with zero attached hydrogens (tertiary/aromatic N) is 1. The fourth-order valence-electron chi connectivity index (χ4n) is 1.99. The second-order valence-corrected chi connectivity index (χ2v) is 3.82. The van der Waals surface area contributed by atoms with Gasteiger partial charge in [-0.3, -0.25) is 0 Å². The van der Waals surface area contributed by atoms with Gasteiger partial charge in [0.15, 0.2) is 0 Å². The predicted molar refractivity (Wildman–Crippen MR) is 55.8 cm³/mol. The summed E-state index contributed by atoms with van der Waals surface area (Å²) in [5, 5.41) is 3.37. The van der Waals surface area contributed by atoms with Crippen molar-refractivity contribution in [3.05, 3.63) is 18.2 Å². The van der Waals surface area contributed by atoms with E-state index in [0.29, 0.717) is 0 Å². The molecule has 0 unspecified atom stereocenters. The van der Waals surface area contributed by atoms with E-state index < -0.39 is 0 Å². The first-order valence-corrected chi connectivity index (χ1v) is 4.99. The molecule has 3 heteroatoms. The Kier molecular flexibility index (Phi) is 1.60. The molecule has 1 fully saturated rings. The van der Waals surface area contributed by atoms with Crippen LogP contribution in [0.15, 0.2) is 12.1 Å². The summed E-state index contributed by atoms with van der Waals surface area (Å²) in [6.07, 6.45) is 2.64. The van der Waals surface area contributed by atoms with E-state index in [4.69, 9.17) is 4.74 Å². The van der Waals surface area contributed by atoms with Crippen LogP contribution in [0.4, 0.5) is 11.4 Å². The van der Waals surface area contributed by atoms with E-state index in [1.54, 1.807) is 7.11 Å². The quantitative estimate of drug-likeness (QED) is 0.768. The Morgan fingerprint density at radius 3 is 3.07 bits per heavy atom. The molecule has 0 aromatic heterocycles. The van der Waals surface area contributed by atoms with Gasteiger partial charge in [-0.1, -0.05) is 0 Å². The van der Waals surface area contributed by atoms with Gasteiger partial charge in [-0.15, -0.1) is 0 Å². The fraction of sp³-hybridized carbons (Fsp3) is 0.455. The number of hydrogen-bond acceptors (Lipinski definition) is 3. The van der Waals surface area contributed by atoms with Crippen LogP contribution in [0.5, 0.6) is 5.75 Å². The summed E-state index contributed by atoms with van der Waals surface area (Å²) in [5.41, 5.74) is 2.37. The SMILES string of the molecule is COc1c[c]cc2c1NCN2C1CC1. The number of nitrogens with one attached hydrogen (secondary N) is 1. The lowest BCUT2D eigenvalue weighted by Crippen LogP contribution is -2.24. The minimum Gasteiger partial charge on any atom is -0.494 e. The van der Waals surface area contributed by atoms with Crippen LogP contribution in [0.2, 0.25) is 0 Å². The third kappa shape index (κ3) is 1.05. The van der Waals surface area contributed by atoms with Crippen molar-refractivity contribution in [2.24, 2.45) is 0 Å². The van der Waals surface area contributed by atoms with Crippen molar-refractivity contribution in [1.82, 2.24) is 0 Å². The van der Waals surface area contributed by atoms with E-state index in [2.05, 4.69) is 16.3 Å². The maximum absolute atomic E-state index is 5.29. The molecular weight excluding hydrogens is 176 g/mol. The topological polar surface area (TPSA) is 24.5 Å². The van der Waals surface area contributed by atoms with Gasteiger partial charge in [0, 0.05) is 6.04 Å². The maximum atomic E-state index is 5.29. The highest BCUT2D eigenvalue weighted by Gasteiger charge is 2.34. The summed E-state index contributed by atoms with van der Waals surface area (Å²) < 4.78 is 5.29. The first-order chi connectivity index (χ1) is 6.90. The van der Waals surface area contributed by atoms with Crippen molar-refractivity contribution in [2.45, 2.75) is 18.9 Å². The number of anilines is 2. The van der Waals surface area contributed by atoms with Crippen LogP contribution in [0.25, 0.3) is 0 Å². The van der Waals surface area contributed by atoms with Crippen molar-refractivity contribution in [3.63, 3.8) is 0 Å². The molecule has 3 nitrogen and oxygen atoms in total. The van der Waals surface area contributed by atoms with E-state index in [1.165, 1.54) is 18.5 Å². The Labute approximate surface area is 83.7 Å². The summed E-state index contributed by atoms with van der Waals surface area (Å²) in [4.78, 5) is 2.40. The lowest BCUT2D eigenvalue weighted by atomic mass is 10.2. The van der Waals surface area contributed by atoms with Crippen LogP contribution in [0.1, 0.15) is 12.8 Å². The first-order valence-electron chi connectivity index (χ1n) is 4.99. The number of fused-ring (bicyclic) bond motifs is 1. The smallest absolute Gasteiger partial charge is 0.144 e. The Hall–Kier alpha value is -1.38. The minimum absolute atomic E-state index is 0.740. The zero-order valence-corrected chi connectivity index (χ0v) is 8.21. The summed E-state index contributed by atoms with van der Waals surface area (Å²) >= 11 is 0. The van der Waals surface area contributed by atoms with Crippen molar-refractivity contribution in [1.29, 1.82) is 0 Å². The van der Waals surface area contributed by atoms with Gasteiger partial charge in [0.05, 0.1) is 19.5 Å². The van der Waals surface area contributed by atoms with Crippen molar-refractivity contribution < 1.29 is 4.74 Å². The molecule has 0 saturated heterocycles. The molecule has 0 bridgehead atoms. The van der Waals surface area contributed by atoms with Gasteiger partial charge in [0.1, 0.15) is 11.4 Å². The molecule has 0 atom stereocenters. The molecule has 2 aliphatic rings. The Bertz CT molecular complexity index is 360. The van der Waals surface area contributed by atoms with Gasteiger partial charge in [0.25, 0.3) is 0 Å². The van der Waals surface area contributed by atoms with Crippen LogP contribution in [-0.4, -0.2) is 19.8 Å². The van der Waals surface area contributed by atoms with Crippen LogP contribution < -0.4 is 15.0 Å². The normalized spacial score (nSPS) is 19.1. The van der Waals surface area contributed by atoms with E-state index in [9.17, 15) is 0 Å². The standard InChI is InChI=1S/C11H13N2O/c1-14-10-4-2-3-9-11(10)12-7-13(9)8-5-6-8/h3-4,8,12H,5-7H2,1H3. The largest absolute Gasteiger partial charge is 0.494 e. The lowest BCUT2D eigenvalue weighted by Gasteiger charge is -2.16. The lowest BCUT2D eigenvalue weighted by molar-refractivity contribution is 0.417. The molecule has 0 spiro atoms. The zero-order chi connectivity index (χ0) is 9.54. The Morgan fingerprint density at radius 2 is 2.36 bits per heavy atom. The average molecular weight is 189 g/mol. The molecule has 1 aromatic rings. The van der Waals surface area contributed by atoms with Gasteiger partial charge in [-0.05, 0) is 31.0 Å². The number of hydrogen-bond donors (Lipinski definition) is 1. The van der Waals surface area contributed by atoms with Gasteiger partial charge in [0.2, 0.25) is 0 Å². The highest BCUT2D eigenvalue weighted by molar-refractivity contribution is 5.80. The monoisotopic (exact) mass is 189 g/mol. The van der Waals surface area contributed by atoms with Crippen molar-refractivity contribution >= 4 is 11.4 Å². The molecule has 1 aliphatic carbocycles. The van der Waals surface area contributed by atoms with E-state index >= 15 is 0 Å². The van der Waals surface area contributed by atoms with E-state index in [-0.39, 0.29) is 0 Å². The fourth-order valence-corrected chi connectivity index (χ4v) is 1.99. The molecule has 1 radical (unpaired) electrons. The maximum Gasteiger partial charge on any atom is 0.144 e. The van der Waals surface area contributed by atoms with Crippen LogP contribution in [0, 0.1) is 6.07 Å². The third-order valence-electron chi connectivity index (χ3n) is 2.88. The highest BCUT2D eigenvalue weighted by atomic mass is 16.5. The summed E-state index contributed by atoms with van der Waals surface area (Å²) in [6, 6.07) is 7.77. The average Bonchev–Trinajstić information content (AvgIpc) is 2.97. The zero-order valence-electron chi connectivity index (χ0n) is 8.21. The minimum atomic E-state index is 0.740. The second kappa shape index (κ2) is 2.80. The number of ether oxygens (including phenoxy) is 1. The van der Waals surface area contributed by atoms with Gasteiger partial charge >= 0.3 is 0 Å². The molecule has 73 valence electrons. The molecule has 0 amide bonds. The van der Waals surface area contributed by atoms with Crippen LogP contribution in [0.3, 0.4) is 0 Å². The molecule has 1 N–H and O–H groups in total. The number of methoxy groups -OCH3 is 1. The molecule has 1 saturated carbocycles. The van der Waals surface area contributed by atoms with E-state index in [1.807, 2.05) is 12.1 Å². The summed E-state index contributed by atoms with van der Waals surface area (Å²) in [5.74, 6) is 0.894. The second-order valence-electron chi connectivity index (χ2n) is 3.82. The van der Waals surface area contributed by atoms with Crippen LogP contribution >= 0.6 is 0 Å². The Balaban J connectivity index is 2.02. The Morgan fingerprint density at radius 1 is 1.50 bits per heavy atom. The first kappa shape index (κ1) is 7.97. The summed E-state index contributed by atoms with van der Waals surface area (Å²) in [6.45, 7) is 0.911. The number of rotatable bonds is 2. The molecule has 14 heavy (non-hydrogen) atoms. The third-order valence-corrected chi connectivity index (χ3v) is 2.88. The van der Waals surface area contributed by atoms with Gasteiger partial charge in [-0.2, -0.15) is 0 Å². The molecule has 1 heterocycles. The molecule has 1 aliphatic heterocycles. The molecular formula is C11H13N2O. The van der Waals surface area contributed by atoms with Crippen molar-refractivity contribution in [2.75, 3.05) is 24.0 Å². The van der Waals surface area contributed by atoms with Crippen LogP contribution in [-0.2, 0) is 0 Å². The van der Waals surface area contributed by atoms with Crippen molar-refractivity contribution in [3.8, 4) is 5.75 Å². The molecule has 3 rings (SSSR count). The van der Waals surface area contributed by atoms with E-state index in [0.717, 1.165) is 24.1 Å². The number of benzene rings is 1. The predicted octanol–water partition coefficient (Wildman–Crippen LogP) is 1.85. The van der Waals surface area contributed by atoms with Gasteiger partial charge < -0.3 is 15.0 Å². The van der Waals surface area contributed by atoms with Gasteiger partial charge in [-0.25, -0.2) is 0 Å². The molecule has 1 aromatic carbocycles. The highest BCUT2D eigenvalue weighted by Crippen LogP contribution is 2.43.